The Balaban J connectivity index is 1.72. The molecule has 0 aliphatic rings. The number of aryl methyl sites for hydroxylation is 1. The molecule has 22 heavy (non-hydrogen) atoms. The van der Waals surface area contributed by atoms with E-state index in [9.17, 15) is 0 Å². The second-order valence-electron chi connectivity index (χ2n) is 5.49. The van der Waals surface area contributed by atoms with Gasteiger partial charge in [-0.3, -0.25) is 0 Å². The molecule has 0 aliphatic carbocycles. The van der Waals surface area contributed by atoms with Crippen LogP contribution in [0.5, 0.6) is 0 Å². The first kappa shape index (κ1) is 12.8. The summed E-state index contributed by atoms with van der Waals surface area (Å²) in [6, 6.07) is 14.5. The molecule has 0 N–H and O–H groups in total. The Kier molecular flexibility index (Phi) is 3.00. The van der Waals surface area contributed by atoms with Crippen LogP contribution >= 0.6 is 0 Å². The molecule has 0 saturated carbocycles. The lowest BCUT2D eigenvalue weighted by molar-refractivity contribution is 0.966. The van der Waals surface area contributed by atoms with Crippen LogP contribution < -0.4 is 0 Å². The first-order valence-corrected chi connectivity index (χ1v) is 7.19. The van der Waals surface area contributed by atoms with Gasteiger partial charge in [0, 0.05) is 23.4 Å². The quantitative estimate of drug-likeness (QED) is 0.566. The second-order valence-corrected chi connectivity index (χ2v) is 5.49. The maximum Gasteiger partial charge on any atom is 0.116 e. The minimum Gasteiger partial charge on any atom is -0.244 e. The molecule has 4 heteroatoms. The molecule has 4 aromatic rings. The Bertz CT molecular complexity index is 979. The van der Waals surface area contributed by atoms with Crippen molar-refractivity contribution in [1.82, 2.24) is 20.2 Å². The van der Waals surface area contributed by atoms with Crippen molar-refractivity contribution in [3.05, 3.63) is 71.8 Å². The topological polar surface area (TPSA) is 51.6 Å². The molecule has 2 heterocycles. The molecule has 0 amide bonds. The van der Waals surface area contributed by atoms with Crippen LogP contribution in [0.2, 0.25) is 0 Å². The summed E-state index contributed by atoms with van der Waals surface area (Å²) in [7, 11) is 0. The van der Waals surface area contributed by atoms with Crippen LogP contribution in [-0.4, -0.2) is 20.2 Å². The molecular weight excluding hydrogens is 272 g/mol. The van der Waals surface area contributed by atoms with Crippen molar-refractivity contribution in [3.63, 3.8) is 0 Å². The van der Waals surface area contributed by atoms with Gasteiger partial charge in [0.1, 0.15) is 6.33 Å². The second kappa shape index (κ2) is 5.15. The van der Waals surface area contributed by atoms with Crippen LogP contribution in [-0.2, 0) is 6.42 Å². The summed E-state index contributed by atoms with van der Waals surface area (Å²) in [5.41, 5.74) is 5.27. The van der Waals surface area contributed by atoms with E-state index in [1.54, 1.807) is 6.33 Å². The standard InChI is InChI=1S/C18H14N4/c1-12-2-4-18-14(6-12)9-16(21-22-18)8-13-3-5-17-15(7-13)10-19-11-20-17/h2-7,9-11H,8H2,1H3. The fourth-order valence-corrected chi connectivity index (χ4v) is 2.65. The van der Waals surface area contributed by atoms with Gasteiger partial charge in [0.15, 0.2) is 0 Å². The van der Waals surface area contributed by atoms with E-state index >= 15 is 0 Å². The fourth-order valence-electron chi connectivity index (χ4n) is 2.65. The summed E-state index contributed by atoms with van der Waals surface area (Å²) < 4.78 is 0. The van der Waals surface area contributed by atoms with Crippen molar-refractivity contribution < 1.29 is 0 Å². The Morgan fingerprint density at radius 2 is 1.77 bits per heavy atom. The van der Waals surface area contributed by atoms with E-state index in [-0.39, 0.29) is 0 Å². The molecule has 2 aromatic carbocycles. The largest absolute Gasteiger partial charge is 0.244 e. The first-order valence-electron chi connectivity index (χ1n) is 7.19. The number of nitrogens with zero attached hydrogens (tertiary/aromatic N) is 4. The summed E-state index contributed by atoms with van der Waals surface area (Å²) in [4.78, 5) is 8.31. The maximum atomic E-state index is 4.33. The summed E-state index contributed by atoms with van der Waals surface area (Å²) in [5, 5.41) is 10.8. The highest BCUT2D eigenvalue weighted by Crippen LogP contribution is 2.18. The summed E-state index contributed by atoms with van der Waals surface area (Å²) in [6.07, 6.45) is 4.15. The summed E-state index contributed by atoms with van der Waals surface area (Å²) in [5.74, 6) is 0. The highest BCUT2D eigenvalue weighted by Gasteiger charge is 2.03. The van der Waals surface area contributed by atoms with Gasteiger partial charge in [-0.2, -0.15) is 10.2 Å². The monoisotopic (exact) mass is 286 g/mol. The Morgan fingerprint density at radius 3 is 2.73 bits per heavy atom. The van der Waals surface area contributed by atoms with E-state index in [1.807, 2.05) is 18.3 Å². The number of rotatable bonds is 2. The van der Waals surface area contributed by atoms with Crippen LogP contribution in [0.1, 0.15) is 16.8 Å². The van der Waals surface area contributed by atoms with Gasteiger partial charge in [-0.05, 0) is 42.8 Å². The van der Waals surface area contributed by atoms with Crippen LogP contribution in [0.15, 0.2) is 55.0 Å². The van der Waals surface area contributed by atoms with Crippen LogP contribution in [0.3, 0.4) is 0 Å². The predicted molar refractivity (Wildman–Crippen MR) is 86.6 cm³/mol. The number of aromatic nitrogens is 4. The molecule has 0 atom stereocenters. The highest BCUT2D eigenvalue weighted by atomic mass is 15.1. The molecule has 0 saturated heterocycles. The van der Waals surface area contributed by atoms with Crippen LogP contribution in [0.4, 0.5) is 0 Å². The minimum atomic E-state index is 0.752. The lowest BCUT2D eigenvalue weighted by Gasteiger charge is -2.04. The zero-order valence-corrected chi connectivity index (χ0v) is 12.2. The van der Waals surface area contributed by atoms with Crippen molar-refractivity contribution in [3.8, 4) is 0 Å². The average molecular weight is 286 g/mol. The predicted octanol–water partition coefficient (Wildman–Crippen LogP) is 3.47. The van der Waals surface area contributed by atoms with Crippen LogP contribution in [0.25, 0.3) is 21.8 Å². The first-order chi connectivity index (χ1) is 10.8. The van der Waals surface area contributed by atoms with Gasteiger partial charge in [0.05, 0.1) is 16.7 Å². The molecule has 0 spiro atoms. The Hall–Kier alpha value is -2.88. The molecule has 0 unspecified atom stereocenters. The maximum absolute atomic E-state index is 4.33. The van der Waals surface area contributed by atoms with Gasteiger partial charge in [0.2, 0.25) is 0 Å². The zero-order chi connectivity index (χ0) is 14.9. The van der Waals surface area contributed by atoms with Crippen molar-refractivity contribution in [1.29, 1.82) is 0 Å². The van der Waals surface area contributed by atoms with Crippen LogP contribution in [0, 0.1) is 6.92 Å². The van der Waals surface area contributed by atoms with E-state index in [0.29, 0.717) is 0 Å². The third-order valence-electron chi connectivity index (χ3n) is 3.75. The SMILES string of the molecule is Cc1ccc2nnc(Cc3ccc4ncncc4c3)cc2c1. The van der Waals surface area contributed by atoms with E-state index in [0.717, 1.165) is 33.9 Å². The zero-order valence-electron chi connectivity index (χ0n) is 12.2. The lowest BCUT2D eigenvalue weighted by atomic mass is 10.1. The number of hydrogen-bond acceptors (Lipinski definition) is 4. The van der Waals surface area contributed by atoms with Gasteiger partial charge < -0.3 is 0 Å². The molecule has 0 bridgehead atoms. The molecular formula is C18H14N4. The molecule has 4 rings (SSSR count). The molecule has 4 nitrogen and oxygen atoms in total. The van der Waals surface area contributed by atoms with Gasteiger partial charge in [-0.25, -0.2) is 9.97 Å². The van der Waals surface area contributed by atoms with E-state index in [1.165, 1.54) is 11.1 Å². The third kappa shape index (κ3) is 2.39. The van der Waals surface area contributed by atoms with Gasteiger partial charge >= 0.3 is 0 Å². The smallest absolute Gasteiger partial charge is 0.116 e. The van der Waals surface area contributed by atoms with Crippen molar-refractivity contribution in [2.45, 2.75) is 13.3 Å². The summed E-state index contributed by atoms with van der Waals surface area (Å²) in [6.45, 7) is 2.09. The third-order valence-corrected chi connectivity index (χ3v) is 3.75. The van der Waals surface area contributed by atoms with Crippen molar-refractivity contribution in [2.24, 2.45) is 0 Å². The Morgan fingerprint density at radius 1 is 0.864 bits per heavy atom. The average Bonchev–Trinajstić information content (AvgIpc) is 2.54. The number of fused-ring (bicyclic) bond motifs is 2. The number of benzene rings is 2. The van der Waals surface area contributed by atoms with Crippen molar-refractivity contribution in [2.75, 3.05) is 0 Å². The number of hydrogen-bond donors (Lipinski definition) is 0. The van der Waals surface area contributed by atoms with E-state index in [2.05, 4.69) is 57.4 Å². The van der Waals surface area contributed by atoms with Gasteiger partial charge in [0.25, 0.3) is 0 Å². The highest BCUT2D eigenvalue weighted by molar-refractivity contribution is 5.79. The fraction of sp³-hybridized carbons (Fsp3) is 0.111. The minimum absolute atomic E-state index is 0.752. The van der Waals surface area contributed by atoms with Gasteiger partial charge in [-0.1, -0.05) is 17.7 Å². The molecule has 0 aliphatic heterocycles. The van der Waals surface area contributed by atoms with E-state index < -0.39 is 0 Å². The Labute approximate surface area is 127 Å². The van der Waals surface area contributed by atoms with Gasteiger partial charge in [-0.15, -0.1) is 0 Å². The molecule has 2 aromatic heterocycles. The van der Waals surface area contributed by atoms with E-state index in [4.69, 9.17) is 0 Å². The lowest BCUT2D eigenvalue weighted by Crippen LogP contribution is -1.96. The summed E-state index contributed by atoms with van der Waals surface area (Å²) >= 11 is 0. The molecule has 106 valence electrons. The normalized spacial score (nSPS) is 11.1. The van der Waals surface area contributed by atoms with Crippen molar-refractivity contribution >= 4 is 21.8 Å². The molecule has 0 radical (unpaired) electrons. The molecule has 0 fully saturated rings.